The summed E-state index contributed by atoms with van der Waals surface area (Å²) in [6, 6.07) is 8.72. The molecule has 2 N–H and O–H groups in total. The molecular weight excluding hydrogens is 420 g/mol. The van der Waals surface area contributed by atoms with Crippen molar-refractivity contribution >= 4 is 38.3 Å². The number of rotatable bonds is 6. The van der Waals surface area contributed by atoms with Gasteiger partial charge in [-0.15, -0.1) is 0 Å². The molecule has 0 atom stereocenters. The van der Waals surface area contributed by atoms with Crippen molar-refractivity contribution in [2.45, 2.75) is 18.7 Å². The van der Waals surface area contributed by atoms with Crippen molar-refractivity contribution in [1.82, 2.24) is 23.9 Å². The van der Waals surface area contributed by atoms with Gasteiger partial charge in [0.1, 0.15) is 5.82 Å². The second-order valence-corrected chi connectivity index (χ2v) is 8.67. The molecule has 10 nitrogen and oxygen atoms in total. The van der Waals surface area contributed by atoms with Crippen LogP contribution in [0.5, 0.6) is 0 Å². The number of anilines is 1. The van der Waals surface area contributed by atoms with Gasteiger partial charge in [-0.2, -0.15) is 13.9 Å². The third-order valence-electron chi connectivity index (χ3n) is 4.93. The van der Waals surface area contributed by atoms with Gasteiger partial charge in [0.15, 0.2) is 5.65 Å². The first kappa shape index (κ1) is 20.7. The van der Waals surface area contributed by atoms with E-state index < -0.39 is 21.5 Å². The second-order valence-electron chi connectivity index (χ2n) is 6.73. The van der Waals surface area contributed by atoms with E-state index in [1.807, 2.05) is 0 Å². The number of nitrogens with one attached hydrogen (secondary N) is 2. The molecule has 0 aliphatic rings. The summed E-state index contributed by atoms with van der Waals surface area (Å²) in [5.41, 5.74) is 0.472. The highest BCUT2D eigenvalue weighted by atomic mass is 32.2. The molecule has 0 saturated heterocycles. The van der Waals surface area contributed by atoms with E-state index in [9.17, 15) is 18.0 Å². The van der Waals surface area contributed by atoms with Crippen molar-refractivity contribution < 1.29 is 13.2 Å². The molecule has 0 saturated carbocycles. The smallest absolute Gasteiger partial charge is 0.257 e. The minimum Gasteiger partial charge on any atom is -0.322 e. The van der Waals surface area contributed by atoms with Crippen LogP contribution in [-0.4, -0.2) is 51.3 Å². The molecule has 0 aliphatic carbocycles. The van der Waals surface area contributed by atoms with Crippen LogP contribution in [0.25, 0.3) is 16.6 Å². The van der Waals surface area contributed by atoms with E-state index in [1.54, 1.807) is 32.2 Å². The molecule has 0 aliphatic heterocycles. The maximum absolute atomic E-state index is 13.1. The molecule has 0 unspecified atom stereocenters. The molecule has 4 aromatic rings. The quantitative estimate of drug-likeness (QED) is 0.471. The van der Waals surface area contributed by atoms with Crippen LogP contribution in [0.2, 0.25) is 0 Å². The van der Waals surface area contributed by atoms with Gasteiger partial charge in [-0.1, -0.05) is 13.8 Å². The molecule has 31 heavy (non-hydrogen) atoms. The van der Waals surface area contributed by atoms with Crippen LogP contribution in [0.3, 0.4) is 0 Å². The van der Waals surface area contributed by atoms with Gasteiger partial charge in [0.25, 0.3) is 5.91 Å². The SMILES string of the molecule is CCN(CC)S(=O)(=O)c1ccc2[nH]c(=O)cc(C(=O)Nc3ccnc4ccnn34)c2c1. The minimum absolute atomic E-state index is 0.0446. The first-order valence-electron chi connectivity index (χ1n) is 9.62. The highest BCUT2D eigenvalue weighted by Gasteiger charge is 2.23. The number of H-pyrrole nitrogens is 1. The van der Waals surface area contributed by atoms with E-state index in [0.29, 0.717) is 35.5 Å². The van der Waals surface area contributed by atoms with Gasteiger partial charge in [0.05, 0.1) is 16.7 Å². The summed E-state index contributed by atoms with van der Waals surface area (Å²) < 4.78 is 28.6. The molecule has 0 spiro atoms. The topological polar surface area (TPSA) is 130 Å². The monoisotopic (exact) mass is 440 g/mol. The number of benzene rings is 1. The van der Waals surface area contributed by atoms with Gasteiger partial charge >= 0.3 is 0 Å². The number of aromatic nitrogens is 4. The van der Waals surface area contributed by atoms with Crippen LogP contribution in [-0.2, 0) is 10.0 Å². The lowest BCUT2D eigenvalue weighted by Crippen LogP contribution is -2.30. The Bertz CT molecular complexity index is 1450. The van der Waals surface area contributed by atoms with Crippen molar-refractivity contribution in [3.63, 3.8) is 0 Å². The number of carbonyl (C=O) groups is 1. The van der Waals surface area contributed by atoms with Crippen LogP contribution in [0, 0.1) is 0 Å². The highest BCUT2D eigenvalue weighted by molar-refractivity contribution is 7.89. The Labute approximate surface area is 177 Å². The van der Waals surface area contributed by atoms with Crippen molar-refractivity contribution in [1.29, 1.82) is 0 Å². The summed E-state index contributed by atoms with van der Waals surface area (Å²) in [6.45, 7) is 4.14. The minimum atomic E-state index is -3.74. The number of sulfonamides is 1. The Morgan fingerprint density at radius 1 is 1.13 bits per heavy atom. The number of hydrogen-bond donors (Lipinski definition) is 2. The summed E-state index contributed by atoms with van der Waals surface area (Å²) in [4.78, 5) is 32.0. The van der Waals surface area contributed by atoms with Crippen LogP contribution in [0.4, 0.5) is 5.82 Å². The number of nitrogens with zero attached hydrogens (tertiary/aromatic N) is 4. The Balaban J connectivity index is 1.82. The largest absolute Gasteiger partial charge is 0.322 e. The third kappa shape index (κ3) is 3.68. The number of pyridine rings is 1. The Morgan fingerprint density at radius 3 is 2.65 bits per heavy atom. The Kier molecular flexibility index (Phi) is 5.29. The van der Waals surface area contributed by atoms with E-state index >= 15 is 0 Å². The second kappa shape index (κ2) is 7.93. The summed E-state index contributed by atoms with van der Waals surface area (Å²) in [7, 11) is -3.74. The number of fused-ring (bicyclic) bond motifs is 2. The molecule has 160 valence electrons. The first-order chi connectivity index (χ1) is 14.8. The fourth-order valence-electron chi connectivity index (χ4n) is 3.41. The lowest BCUT2D eigenvalue weighted by Gasteiger charge is -2.19. The van der Waals surface area contributed by atoms with E-state index in [1.165, 1.54) is 33.2 Å². The lowest BCUT2D eigenvalue weighted by molar-refractivity contribution is 0.102. The fourth-order valence-corrected chi connectivity index (χ4v) is 4.89. The van der Waals surface area contributed by atoms with Crippen LogP contribution < -0.4 is 10.9 Å². The predicted molar refractivity (Wildman–Crippen MR) is 116 cm³/mol. The molecule has 3 heterocycles. The van der Waals surface area contributed by atoms with Gasteiger partial charge < -0.3 is 10.3 Å². The molecule has 4 rings (SSSR count). The molecule has 0 fully saturated rings. The normalized spacial score (nSPS) is 12.0. The number of aromatic amines is 1. The van der Waals surface area contributed by atoms with Gasteiger partial charge in [-0.25, -0.2) is 13.4 Å². The van der Waals surface area contributed by atoms with E-state index in [0.717, 1.165) is 6.07 Å². The van der Waals surface area contributed by atoms with Crippen molar-refractivity contribution in [3.8, 4) is 0 Å². The van der Waals surface area contributed by atoms with E-state index in [2.05, 4.69) is 20.4 Å². The van der Waals surface area contributed by atoms with E-state index in [-0.39, 0.29) is 10.5 Å². The number of hydrogen-bond acceptors (Lipinski definition) is 6. The standard InChI is InChI=1S/C20H20N6O4S/c1-3-25(4-2)31(29,30)13-5-6-16-14(11-13)15(12-19(27)23-16)20(28)24-18-7-9-21-17-8-10-22-26(17)18/h5-12H,3-4H2,1-2H3,(H,23,27)(H,24,28). The molecule has 0 radical (unpaired) electrons. The summed E-state index contributed by atoms with van der Waals surface area (Å²) in [6.07, 6.45) is 3.07. The molecule has 11 heteroatoms. The summed E-state index contributed by atoms with van der Waals surface area (Å²) >= 11 is 0. The molecule has 1 aromatic carbocycles. The predicted octanol–water partition coefficient (Wildman–Crippen LogP) is 1.85. The Hall–Kier alpha value is -3.57. The van der Waals surface area contributed by atoms with Gasteiger partial charge in [-0.3, -0.25) is 9.59 Å². The van der Waals surface area contributed by atoms with Crippen LogP contribution in [0.15, 0.2) is 58.5 Å². The van der Waals surface area contributed by atoms with Gasteiger partial charge in [0, 0.05) is 42.3 Å². The summed E-state index contributed by atoms with van der Waals surface area (Å²) in [5.74, 6) is -0.211. The van der Waals surface area contributed by atoms with Gasteiger partial charge in [-0.05, 0) is 24.3 Å². The molecule has 1 amide bonds. The maximum Gasteiger partial charge on any atom is 0.257 e. The van der Waals surface area contributed by atoms with Gasteiger partial charge in [0.2, 0.25) is 15.6 Å². The van der Waals surface area contributed by atoms with E-state index in [4.69, 9.17) is 0 Å². The molecule has 0 bridgehead atoms. The molecular formula is C20H20N6O4S. The fraction of sp³-hybridized carbons (Fsp3) is 0.200. The zero-order chi connectivity index (χ0) is 22.2. The lowest BCUT2D eigenvalue weighted by atomic mass is 10.1. The van der Waals surface area contributed by atoms with Crippen LogP contribution in [0.1, 0.15) is 24.2 Å². The zero-order valence-corrected chi connectivity index (χ0v) is 17.7. The zero-order valence-electron chi connectivity index (χ0n) is 16.9. The maximum atomic E-state index is 13.1. The van der Waals surface area contributed by atoms with Crippen molar-refractivity contribution in [2.24, 2.45) is 0 Å². The van der Waals surface area contributed by atoms with Crippen molar-refractivity contribution in [2.75, 3.05) is 18.4 Å². The number of amides is 1. The first-order valence-corrected chi connectivity index (χ1v) is 11.1. The Morgan fingerprint density at radius 2 is 1.90 bits per heavy atom. The van der Waals surface area contributed by atoms with Crippen molar-refractivity contribution in [3.05, 3.63) is 64.7 Å². The number of carbonyl (C=O) groups excluding carboxylic acids is 1. The summed E-state index contributed by atoms with van der Waals surface area (Å²) in [5, 5.41) is 7.15. The average molecular weight is 440 g/mol. The molecule has 3 aromatic heterocycles. The van der Waals surface area contributed by atoms with Crippen LogP contribution >= 0.6 is 0 Å². The highest BCUT2D eigenvalue weighted by Crippen LogP contribution is 2.23. The third-order valence-corrected chi connectivity index (χ3v) is 6.98. The average Bonchev–Trinajstić information content (AvgIpc) is 3.23.